The van der Waals surface area contributed by atoms with Gasteiger partial charge >= 0.3 is 0 Å². The topological polar surface area (TPSA) is 88.1 Å². The van der Waals surface area contributed by atoms with E-state index in [0.717, 1.165) is 0 Å². The van der Waals surface area contributed by atoms with Crippen LogP contribution in [0.4, 0.5) is 4.39 Å². The molecule has 0 radical (unpaired) electrons. The van der Waals surface area contributed by atoms with E-state index in [2.05, 4.69) is 5.16 Å². The second kappa shape index (κ2) is 7.47. The predicted molar refractivity (Wildman–Crippen MR) is 77.1 cm³/mol. The van der Waals surface area contributed by atoms with Gasteiger partial charge in [0.25, 0.3) is 5.91 Å². The summed E-state index contributed by atoms with van der Waals surface area (Å²) < 4.78 is 19.0. The van der Waals surface area contributed by atoms with Gasteiger partial charge in [-0.05, 0) is 19.1 Å². The van der Waals surface area contributed by atoms with Crippen LogP contribution in [0.5, 0.6) is 5.75 Å². The molecular formula is C14H20FN3O3. The molecule has 1 rings (SSSR count). The third-order valence-corrected chi connectivity index (χ3v) is 3.19. The van der Waals surface area contributed by atoms with E-state index in [1.165, 1.54) is 30.2 Å². The van der Waals surface area contributed by atoms with Crippen LogP contribution in [-0.4, -0.2) is 42.0 Å². The molecule has 116 valence electrons. The van der Waals surface area contributed by atoms with Crippen LogP contribution < -0.4 is 10.5 Å². The third kappa shape index (κ3) is 3.84. The monoisotopic (exact) mass is 297 g/mol. The predicted octanol–water partition coefficient (Wildman–Crippen LogP) is 1.68. The van der Waals surface area contributed by atoms with Crippen molar-refractivity contribution in [2.75, 3.05) is 20.2 Å². The Hall–Kier alpha value is -2.31. The first-order valence-corrected chi connectivity index (χ1v) is 6.55. The minimum atomic E-state index is -0.644. The van der Waals surface area contributed by atoms with Crippen LogP contribution in [0.2, 0.25) is 0 Å². The highest BCUT2D eigenvalue weighted by Gasteiger charge is 2.24. The molecule has 0 bridgehead atoms. The molecule has 0 aliphatic carbocycles. The number of halogens is 1. The number of carbonyl (C=O) groups excluding carboxylic acids is 1. The van der Waals surface area contributed by atoms with E-state index in [4.69, 9.17) is 15.7 Å². The van der Waals surface area contributed by atoms with Crippen molar-refractivity contribution in [2.45, 2.75) is 13.8 Å². The lowest BCUT2D eigenvalue weighted by atomic mass is 10.1. The average Bonchev–Trinajstić information content (AvgIpc) is 2.50. The minimum Gasteiger partial charge on any atom is -0.496 e. The number of hydrogen-bond donors (Lipinski definition) is 2. The number of amidine groups is 1. The molecule has 6 nitrogen and oxygen atoms in total. The standard InChI is InChI=1S/C14H20FN3O3/c1-4-18(8-9(2)13(16)17-20)14(19)12-10(15)6-5-7-11(12)21-3/h5-7,9,20H,4,8H2,1-3H3,(H2,16,17). The van der Waals surface area contributed by atoms with E-state index in [9.17, 15) is 9.18 Å². The number of hydrogen-bond acceptors (Lipinski definition) is 4. The molecule has 0 aromatic heterocycles. The van der Waals surface area contributed by atoms with Gasteiger partial charge in [0.15, 0.2) is 0 Å². The molecule has 1 aromatic carbocycles. The number of ether oxygens (including phenoxy) is 1. The Morgan fingerprint density at radius 2 is 2.24 bits per heavy atom. The summed E-state index contributed by atoms with van der Waals surface area (Å²) in [6, 6.07) is 4.20. The van der Waals surface area contributed by atoms with Crippen molar-refractivity contribution in [3.63, 3.8) is 0 Å². The molecule has 0 heterocycles. The van der Waals surface area contributed by atoms with Gasteiger partial charge in [-0.25, -0.2) is 4.39 Å². The highest BCUT2D eigenvalue weighted by Crippen LogP contribution is 2.23. The first-order chi connectivity index (χ1) is 9.96. The maximum atomic E-state index is 13.9. The van der Waals surface area contributed by atoms with Crippen molar-refractivity contribution in [2.24, 2.45) is 16.8 Å². The Morgan fingerprint density at radius 3 is 2.76 bits per heavy atom. The molecule has 1 atom stereocenters. The summed E-state index contributed by atoms with van der Waals surface area (Å²) in [5, 5.41) is 11.6. The van der Waals surface area contributed by atoms with E-state index >= 15 is 0 Å². The Morgan fingerprint density at radius 1 is 1.57 bits per heavy atom. The molecule has 1 unspecified atom stereocenters. The second-order valence-corrected chi connectivity index (χ2v) is 4.59. The van der Waals surface area contributed by atoms with E-state index in [0.29, 0.717) is 6.54 Å². The summed E-state index contributed by atoms with van der Waals surface area (Å²) in [5.74, 6) is -1.30. The van der Waals surface area contributed by atoms with Crippen molar-refractivity contribution in [3.05, 3.63) is 29.6 Å². The van der Waals surface area contributed by atoms with Gasteiger partial charge in [0.2, 0.25) is 0 Å². The molecule has 0 spiro atoms. The first kappa shape index (κ1) is 16.7. The number of benzene rings is 1. The van der Waals surface area contributed by atoms with Crippen LogP contribution >= 0.6 is 0 Å². The number of carbonyl (C=O) groups is 1. The van der Waals surface area contributed by atoms with Crippen molar-refractivity contribution >= 4 is 11.7 Å². The van der Waals surface area contributed by atoms with Gasteiger partial charge in [-0.15, -0.1) is 0 Å². The second-order valence-electron chi connectivity index (χ2n) is 4.59. The lowest BCUT2D eigenvalue weighted by molar-refractivity contribution is 0.0745. The van der Waals surface area contributed by atoms with Gasteiger partial charge in [0.1, 0.15) is 23.0 Å². The van der Waals surface area contributed by atoms with Crippen LogP contribution in [-0.2, 0) is 0 Å². The van der Waals surface area contributed by atoms with Crippen LogP contribution in [0.3, 0.4) is 0 Å². The van der Waals surface area contributed by atoms with Gasteiger partial charge < -0.3 is 20.6 Å². The fourth-order valence-corrected chi connectivity index (χ4v) is 1.92. The van der Waals surface area contributed by atoms with E-state index in [1.54, 1.807) is 13.8 Å². The number of oxime groups is 1. The Kier molecular flexibility index (Phi) is 5.95. The number of rotatable bonds is 6. The largest absolute Gasteiger partial charge is 0.496 e. The van der Waals surface area contributed by atoms with Gasteiger partial charge in [-0.3, -0.25) is 4.79 Å². The minimum absolute atomic E-state index is 0.0155. The summed E-state index contributed by atoms with van der Waals surface area (Å²) in [5.41, 5.74) is 5.39. The number of amides is 1. The molecule has 1 amide bonds. The van der Waals surface area contributed by atoms with Crippen LogP contribution in [0, 0.1) is 11.7 Å². The van der Waals surface area contributed by atoms with Gasteiger partial charge in [-0.2, -0.15) is 0 Å². The van der Waals surface area contributed by atoms with Crippen LogP contribution in [0.15, 0.2) is 23.4 Å². The van der Waals surface area contributed by atoms with Crippen molar-refractivity contribution in [1.29, 1.82) is 0 Å². The zero-order chi connectivity index (χ0) is 16.0. The Balaban J connectivity index is 3.05. The summed E-state index contributed by atoms with van der Waals surface area (Å²) in [6.07, 6.45) is 0. The fraction of sp³-hybridized carbons (Fsp3) is 0.429. The molecule has 1 aromatic rings. The average molecular weight is 297 g/mol. The first-order valence-electron chi connectivity index (χ1n) is 6.55. The fourth-order valence-electron chi connectivity index (χ4n) is 1.92. The van der Waals surface area contributed by atoms with Crippen LogP contribution in [0.1, 0.15) is 24.2 Å². The van der Waals surface area contributed by atoms with Crippen LogP contribution in [0.25, 0.3) is 0 Å². The van der Waals surface area contributed by atoms with Gasteiger partial charge in [0, 0.05) is 19.0 Å². The smallest absolute Gasteiger partial charge is 0.260 e. The molecule has 3 N–H and O–H groups in total. The molecule has 0 fully saturated rings. The summed E-state index contributed by atoms with van der Waals surface area (Å²) in [7, 11) is 1.38. The highest BCUT2D eigenvalue weighted by molar-refractivity contribution is 5.97. The third-order valence-electron chi connectivity index (χ3n) is 3.19. The van der Waals surface area contributed by atoms with E-state index in [1.807, 2.05) is 0 Å². The summed E-state index contributed by atoms with van der Waals surface area (Å²) in [6.45, 7) is 4.05. The maximum absolute atomic E-state index is 13.9. The van der Waals surface area contributed by atoms with Crippen molar-refractivity contribution in [1.82, 2.24) is 4.90 Å². The van der Waals surface area contributed by atoms with E-state index < -0.39 is 11.7 Å². The highest BCUT2D eigenvalue weighted by atomic mass is 19.1. The number of methoxy groups -OCH3 is 1. The summed E-state index contributed by atoms with van der Waals surface area (Å²) >= 11 is 0. The van der Waals surface area contributed by atoms with Gasteiger partial charge in [0.05, 0.1) is 7.11 Å². The molecule has 0 aliphatic heterocycles. The number of nitrogens with two attached hydrogens (primary N) is 1. The molecule has 21 heavy (non-hydrogen) atoms. The van der Waals surface area contributed by atoms with E-state index in [-0.39, 0.29) is 29.6 Å². The zero-order valence-corrected chi connectivity index (χ0v) is 12.3. The molecule has 7 heteroatoms. The SMILES string of the molecule is CCN(CC(C)C(N)=NO)C(=O)c1c(F)cccc1OC. The maximum Gasteiger partial charge on any atom is 0.260 e. The lowest BCUT2D eigenvalue weighted by Crippen LogP contribution is -2.39. The lowest BCUT2D eigenvalue weighted by Gasteiger charge is -2.25. The number of nitrogens with zero attached hydrogens (tertiary/aromatic N) is 2. The van der Waals surface area contributed by atoms with Crippen molar-refractivity contribution < 1.29 is 19.1 Å². The molecule has 0 saturated carbocycles. The normalized spacial score (nSPS) is 12.9. The molecule has 0 aliphatic rings. The molecular weight excluding hydrogens is 277 g/mol. The van der Waals surface area contributed by atoms with Gasteiger partial charge in [-0.1, -0.05) is 18.1 Å². The quantitative estimate of drug-likeness (QED) is 0.362. The molecule has 0 saturated heterocycles. The summed E-state index contributed by atoms with van der Waals surface area (Å²) in [4.78, 5) is 13.9. The van der Waals surface area contributed by atoms with Crippen molar-refractivity contribution in [3.8, 4) is 5.75 Å². The zero-order valence-electron chi connectivity index (χ0n) is 12.3. The Labute approximate surface area is 123 Å². The Bertz CT molecular complexity index is 534.